The molecule has 1 heterocycles. The van der Waals surface area contributed by atoms with Gasteiger partial charge in [0.15, 0.2) is 0 Å². The zero-order valence-corrected chi connectivity index (χ0v) is 10.5. The Balaban J connectivity index is 2.04. The summed E-state index contributed by atoms with van der Waals surface area (Å²) in [6, 6.07) is 4.91. The minimum atomic E-state index is -0.487. The Kier molecular flexibility index (Phi) is 4.23. The molecule has 0 aliphatic carbocycles. The van der Waals surface area contributed by atoms with Gasteiger partial charge in [0.1, 0.15) is 6.10 Å². The molecule has 1 aliphatic heterocycles. The summed E-state index contributed by atoms with van der Waals surface area (Å²) in [5, 5.41) is 6.75. The van der Waals surface area contributed by atoms with Gasteiger partial charge in [0, 0.05) is 18.1 Å². The van der Waals surface area contributed by atoms with Gasteiger partial charge in [-0.05, 0) is 18.2 Å². The number of carbonyl (C=O) groups excluding carboxylic acids is 1. The van der Waals surface area contributed by atoms with Crippen LogP contribution in [0, 0.1) is 0 Å². The van der Waals surface area contributed by atoms with Crippen molar-refractivity contribution < 1.29 is 9.53 Å². The lowest BCUT2D eigenvalue weighted by Crippen LogP contribution is -2.45. The second kappa shape index (κ2) is 5.69. The van der Waals surface area contributed by atoms with E-state index in [0.29, 0.717) is 28.9 Å². The molecule has 1 amide bonds. The van der Waals surface area contributed by atoms with Crippen LogP contribution in [-0.2, 0) is 9.53 Å². The highest BCUT2D eigenvalue weighted by molar-refractivity contribution is 6.35. The fourth-order valence-corrected chi connectivity index (χ4v) is 1.88. The fourth-order valence-electron chi connectivity index (χ4n) is 1.54. The standard InChI is InChI=1S/C11H12Cl2N2O2/c12-7-1-2-8(13)9(5-7)15-11(16)10-6-14-3-4-17-10/h1-2,5,10,14H,3-4,6H2,(H,15,16). The summed E-state index contributed by atoms with van der Waals surface area (Å²) in [7, 11) is 0. The molecule has 1 saturated heterocycles. The van der Waals surface area contributed by atoms with E-state index in [0.717, 1.165) is 6.54 Å². The highest BCUT2D eigenvalue weighted by atomic mass is 35.5. The lowest BCUT2D eigenvalue weighted by Gasteiger charge is -2.22. The van der Waals surface area contributed by atoms with Crippen LogP contribution in [0.2, 0.25) is 10.0 Å². The highest BCUT2D eigenvalue weighted by Crippen LogP contribution is 2.25. The lowest BCUT2D eigenvalue weighted by atomic mass is 10.2. The quantitative estimate of drug-likeness (QED) is 0.867. The normalized spacial score (nSPS) is 20.0. The molecule has 0 saturated carbocycles. The first-order valence-electron chi connectivity index (χ1n) is 5.25. The van der Waals surface area contributed by atoms with E-state index in [2.05, 4.69) is 10.6 Å². The van der Waals surface area contributed by atoms with Gasteiger partial charge in [-0.1, -0.05) is 23.2 Å². The number of anilines is 1. The number of morpholine rings is 1. The van der Waals surface area contributed by atoms with Gasteiger partial charge >= 0.3 is 0 Å². The Morgan fingerprint density at radius 1 is 1.47 bits per heavy atom. The van der Waals surface area contributed by atoms with E-state index in [1.165, 1.54) is 0 Å². The Morgan fingerprint density at radius 2 is 2.29 bits per heavy atom. The minimum absolute atomic E-state index is 0.221. The van der Waals surface area contributed by atoms with Crippen molar-refractivity contribution in [3.8, 4) is 0 Å². The molecule has 1 aromatic rings. The molecule has 0 bridgehead atoms. The van der Waals surface area contributed by atoms with E-state index >= 15 is 0 Å². The van der Waals surface area contributed by atoms with Gasteiger partial charge in [-0.15, -0.1) is 0 Å². The summed E-state index contributed by atoms with van der Waals surface area (Å²) in [6.45, 7) is 1.80. The Morgan fingerprint density at radius 3 is 3.00 bits per heavy atom. The molecule has 2 rings (SSSR count). The molecule has 1 aromatic carbocycles. The zero-order valence-electron chi connectivity index (χ0n) is 9.00. The Hall–Kier alpha value is -0.810. The van der Waals surface area contributed by atoms with Crippen LogP contribution in [0.15, 0.2) is 18.2 Å². The molecule has 1 unspecified atom stereocenters. The van der Waals surface area contributed by atoms with E-state index in [1.807, 2.05) is 0 Å². The van der Waals surface area contributed by atoms with Crippen LogP contribution in [0.1, 0.15) is 0 Å². The van der Waals surface area contributed by atoms with Crippen molar-refractivity contribution >= 4 is 34.8 Å². The molecular weight excluding hydrogens is 263 g/mol. The summed E-state index contributed by atoms with van der Waals surface area (Å²) in [6.07, 6.45) is -0.487. The first kappa shape index (κ1) is 12.6. The summed E-state index contributed by atoms with van der Waals surface area (Å²) in [4.78, 5) is 11.9. The number of amides is 1. The summed E-state index contributed by atoms with van der Waals surface area (Å²) < 4.78 is 5.33. The second-order valence-electron chi connectivity index (χ2n) is 3.68. The first-order chi connectivity index (χ1) is 8.16. The van der Waals surface area contributed by atoms with Crippen molar-refractivity contribution in [2.24, 2.45) is 0 Å². The smallest absolute Gasteiger partial charge is 0.254 e. The Bertz CT molecular complexity index is 420. The van der Waals surface area contributed by atoms with Gasteiger partial charge in [0.25, 0.3) is 5.91 Å². The van der Waals surface area contributed by atoms with Gasteiger partial charge in [-0.2, -0.15) is 0 Å². The molecule has 2 N–H and O–H groups in total. The number of nitrogens with one attached hydrogen (secondary N) is 2. The number of ether oxygens (including phenoxy) is 1. The van der Waals surface area contributed by atoms with Gasteiger partial charge in [0.2, 0.25) is 0 Å². The molecule has 0 radical (unpaired) electrons. The van der Waals surface area contributed by atoms with Crippen LogP contribution in [-0.4, -0.2) is 31.7 Å². The predicted octanol–water partition coefficient (Wildman–Crippen LogP) is 1.92. The minimum Gasteiger partial charge on any atom is -0.366 e. The summed E-state index contributed by atoms with van der Waals surface area (Å²) in [5.74, 6) is -0.221. The van der Waals surface area contributed by atoms with Crippen molar-refractivity contribution in [1.29, 1.82) is 0 Å². The van der Waals surface area contributed by atoms with Crippen LogP contribution in [0.4, 0.5) is 5.69 Å². The molecule has 17 heavy (non-hydrogen) atoms. The maximum atomic E-state index is 11.9. The number of hydrogen-bond donors (Lipinski definition) is 2. The van der Waals surface area contributed by atoms with Crippen molar-refractivity contribution in [1.82, 2.24) is 5.32 Å². The van der Waals surface area contributed by atoms with E-state index in [1.54, 1.807) is 18.2 Å². The van der Waals surface area contributed by atoms with Crippen LogP contribution < -0.4 is 10.6 Å². The maximum Gasteiger partial charge on any atom is 0.254 e. The fraction of sp³-hybridized carbons (Fsp3) is 0.364. The first-order valence-corrected chi connectivity index (χ1v) is 6.00. The maximum absolute atomic E-state index is 11.9. The van der Waals surface area contributed by atoms with Crippen LogP contribution in [0.3, 0.4) is 0 Å². The van der Waals surface area contributed by atoms with Crippen molar-refractivity contribution in [3.05, 3.63) is 28.2 Å². The third-order valence-corrected chi connectivity index (χ3v) is 2.97. The Labute approximate surface area is 109 Å². The molecule has 0 aromatic heterocycles. The molecule has 1 fully saturated rings. The third kappa shape index (κ3) is 3.33. The average molecular weight is 275 g/mol. The van der Waals surface area contributed by atoms with Gasteiger partial charge in [-0.3, -0.25) is 4.79 Å². The summed E-state index contributed by atoms with van der Waals surface area (Å²) >= 11 is 11.8. The number of carbonyl (C=O) groups is 1. The van der Waals surface area contributed by atoms with Crippen LogP contribution in [0.25, 0.3) is 0 Å². The van der Waals surface area contributed by atoms with Crippen molar-refractivity contribution in [3.63, 3.8) is 0 Å². The number of halogens is 2. The van der Waals surface area contributed by atoms with Crippen molar-refractivity contribution in [2.45, 2.75) is 6.10 Å². The van der Waals surface area contributed by atoms with Crippen molar-refractivity contribution in [2.75, 3.05) is 25.0 Å². The van der Waals surface area contributed by atoms with Gasteiger partial charge in [0.05, 0.1) is 17.3 Å². The monoisotopic (exact) mass is 274 g/mol. The van der Waals surface area contributed by atoms with Gasteiger partial charge < -0.3 is 15.4 Å². The molecule has 1 atom stereocenters. The molecule has 1 aliphatic rings. The van der Waals surface area contributed by atoms with E-state index in [4.69, 9.17) is 27.9 Å². The van der Waals surface area contributed by atoms with E-state index in [9.17, 15) is 4.79 Å². The molecular formula is C11H12Cl2N2O2. The average Bonchev–Trinajstić information content (AvgIpc) is 2.35. The number of rotatable bonds is 2. The number of hydrogen-bond acceptors (Lipinski definition) is 3. The largest absolute Gasteiger partial charge is 0.366 e. The SMILES string of the molecule is O=C(Nc1cc(Cl)ccc1Cl)C1CNCCO1. The molecule has 6 heteroatoms. The lowest BCUT2D eigenvalue weighted by molar-refractivity contribution is -0.128. The zero-order chi connectivity index (χ0) is 12.3. The molecule has 4 nitrogen and oxygen atoms in total. The number of benzene rings is 1. The highest BCUT2D eigenvalue weighted by Gasteiger charge is 2.22. The topological polar surface area (TPSA) is 50.4 Å². The molecule has 0 spiro atoms. The van der Waals surface area contributed by atoms with E-state index in [-0.39, 0.29) is 5.91 Å². The van der Waals surface area contributed by atoms with Gasteiger partial charge in [-0.25, -0.2) is 0 Å². The van der Waals surface area contributed by atoms with Crippen LogP contribution in [0.5, 0.6) is 0 Å². The third-order valence-electron chi connectivity index (χ3n) is 2.41. The summed E-state index contributed by atoms with van der Waals surface area (Å²) in [5.41, 5.74) is 0.498. The van der Waals surface area contributed by atoms with E-state index < -0.39 is 6.10 Å². The predicted molar refractivity (Wildman–Crippen MR) is 67.7 cm³/mol. The second-order valence-corrected chi connectivity index (χ2v) is 4.52. The molecule has 92 valence electrons. The van der Waals surface area contributed by atoms with Crippen LogP contribution >= 0.6 is 23.2 Å².